The van der Waals surface area contributed by atoms with Crippen molar-refractivity contribution in [2.45, 2.75) is 49.8 Å². The molecule has 0 bridgehead atoms. The first-order valence-corrected chi connectivity index (χ1v) is 26.9. The van der Waals surface area contributed by atoms with Gasteiger partial charge in [0.05, 0.1) is 0 Å². The first-order chi connectivity index (χ1) is 11.5. The van der Waals surface area contributed by atoms with Gasteiger partial charge in [0, 0.05) is 15.7 Å². The van der Waals surface area contributed by atoms with Crippen LogP contribution < -0.4 is 0 Å². The number of allylic oxidation sites excluding steroid dienone is 1. The molecule has 0 saturated heterocycles. The van der Waals surface area contributed by atoms with Crippen LogP contribution in [-0.4, -0.2) is 4.83 Å². The van der Waals surface area contributed by atoms with Gasteiger partial charge in [-0.2, -0.15) is 0 Å². The van der Waals surface area contributed by atoms with Crippen molar-refractivity contribution in [3.05, 3.63) is 47.3 Å². The van der Waals surface area contributed by atoms with Gasteiger partial charge in [0.1, 0.15) is 0 Å². The van der Waals surface area contributed by atoms with Crippen molar-refractivity contribution in [1.82, 2.24) is 0 Å². The third-order valence-corrected chi connectivity index (χ3v) is 6.17. The average molecular weight is 744 g/mol. The molecule has 3 aliphatic carbocycles. The molecule has 0 spiro atoms. The van der Waals surface area contributed by atoms with Gasteiger partial charge in [-0.15, -0.1) is 0 Å². The molecule has 1 aromatic rings. The number of alkyl halides is 1. The fourth-order valence-corrected chi connectivity index (χ4v) is 5.40. The van der Waals surface area contributed by atoms with Crippen molar-refractivity contribution in [3.63, 3.8) is 0 Å². The average Bonchev–Trinajstić information content (AvgIpc) is 3.07. The van der Waals surface area contributed by atoms with Crippen LogP contribution in [0, 0.1) is 19.3 Å². The zero-order valence-electron chi connectivity index (χ0n) is 14.5. The molecular weight excluding hydrogens is 719 g/mol. The molecule has 4 rings (SSSR count). The van der Waals surface area contributed by atoms with Crippen molar-refractivity contribution >= 4 is 74.6 Å². The number of benzene rings is 1. The quantitative estimate of drug-likeness (QED) is 0.184. The molecule has 1 aromatic carbocycles. The predicted octanol–water partition coefficient (Wildman–Crippen LogP) is 9.31. The summed E-state index contributed by atoms with van der Waals surface area (Å²) >= 11 is 16.0. The topological polar surface area (TPSA) is 0 Å². The van der Waals surface area contributed by atoms with Crippen LogP contribution in [0.15, 0.2) is 28.7 Å². The van der Waals surface area contributed by atoms with Gasteiger partial charge in [-0.25, -0.2) is 0 Å². The van der Waals surface area contributed by atoms with Gasteiger partial charge in [-0.05, 0) is 41.9 Å². The van der Waals surface area contributed by atoms with E-state index in [4.69, 9.17) is 0 Å². The second-order valence-electron chi connectivity index (χ2n) is 6.55. The van der Waals surface area contributed by atoms with E-state index >= 15 is 0 Å². The van der Waals surface area contributed by atoms with E-state index in [1.165, 1.54) is 54.1 Å². The van der Waals surface area contributed by atoms with Gasteiger partial charge >= 0.3 is 51.4 Å². The summed E-state index contributed by atoms with van der Waals surface area (Å²) in [6.45, 7) is 0. The Bertz CT molecular complexity index is 530. The van der Waals surface area contributed by atoms with Gasteiger partial charge in [0.15, 0.2) is 0 Å². The Kier molecular flexibility index (Phi) is 13.6. The Morgan fingerprint density at radius 2 is 1.44 bits per heavy atom. The summed E-state index contributed by atoms with van der Waals surface area (Å²) in [5.41, 5.74) is 2.78. The number of fused-ring (bicyclic) bond motifs is 2. The van der Waals surface area contributed by atoms with E-state index in [1.807, 2.05) is 0 Å². The first kappa shape index (κ1) is 25.3. The molecule has 0 aliphatic heterocycles. The van der Waals surface area contributed by atoms with E-state index in [0.717, 1.165) is 23.1 Å². The minimum Gasteiger partial charge on any atom is -0.358 e. The number of hydrogen-bond donors (Lipinski definition) is 0. The number of halogens is 5. The van der Waals surface area contributed by atoms with Crippen LogP contribution in [0.25, 0.3) is 6.08 Å². The molecule has 2 fully saturated rings. The van der Waals surface area contributed by atoms with Crippen LogP contribution in [0.2, 0.25) is 0 Å². The van der Waals surface area contributed by atoms with Gasteiger partial charge in [0.25, 0.3) is 0 Å². The van der Waals surface area contributed by atoms with Crippen LogP contribution in [-0.2, 0) is 21.1 Å². The van der Waals surface area contributed by atoms with Crippen LogP contribution in [0.1, 0.15) is 49.7 Å². The molecule has 0 nitrogen and oxygen atoms in total. The zero-order valence-corrected chi connectivity index (χ0v) is 24.8. The molecule has 0 aromatic heterocycles. The summed E-state index contributed by atoms with van der Waals surface area (Å²) in [5.74, 6) is 2.19. The van der Waals surface area contributed by atoms with Crippen LogP contribution in [0.4, 0.5) is 0 Å². The molecule has 0 radical (unpaired) electrons. The van der Waals surface area contributed by atoms with Gasteiger partial charge < -0.3 is 7.43 Å². The molecule has 6 heteroatoms. The molecule has 0 N–H and O–H groups in total. The Morgan fingerprint density at radius 1 is 0.920 bits per heavy atom. The minimum atomic E-state index is -1.11. The number of hydrogen-bond acceptors (Lipinski definition) is 0. The molecule has 2 atom stereocenters. The Morgan fingerprint density at radius 3 is 1.96 bits per heavy atom. The standard InChI is InChI=1S/C9H15Br.C9H7Br.CH3.3BrH.Zr/c2*10-9-5-7-3-1-2-4-8(7)6-9;;;;;/h7-9H,1-6H2;1-5H,6H2;1H3;3*1H;/q;;-1;;;;+3/p-3. The maximum atomic E-state index is 3.73. The summed E-state index contributed by atoms with van der Waals surface area (Å²) < 4.78 is 1.29. The summed E-state index contributed by atoms with van der Waals surface area (Å²) in [6, 6.07) is 8.46. The van der Waals surface area contributed by atoms with Crippen LogP contribution in [0.5, 0.6) is 0 Å². The molecule has 0 amide bonds. The van der Waals surface area contributed by atoms with Crippen molar-refractivity contribution in [2.24, 2.45) is 11.8 Å². The Labute approximate surface area is 195 Å². The maximum Gasteiger partial charge on any atom is -0.358 e. The van der Waals surface area contributed by atoms with Gasteiger partial charge in [-0.1, -0.05) is 81.8 Å². The minimum absolute atomic E-state index is 0. The third kappa shape index (κ3) is 9.52. The maximum absolute atomic E-state index is 3.73. The molecule has 25 heavy (non-hydrogen) atoms. The summed E-state index contributed by atoms with van der Waals surface area (Å²) in [5, 5.41) is 0. The summed E-state index contributed by atoms with van der Waals surface area (Å²) in [7, 11) is 0. The van der Waals surface area contributed by atoms with E-state index in [2.05, 4.69) is 98.9 Å². The zero-order chi connectivity index (χ0) is 17.5. The van der Waals surface area contributed by atoms with E-state index < -0.39 is 14.7 Å². The fourth-order valence-electron chi connectivity index (χ4n) is 3.90. The molecular formula is C19H25Br5Zr-. The van der Waals surface area contributed by atoms with Gasteiger partial charge in [-0.3, -0.25) is 0 Å². The SMILES string of the molecule is BrC1=Cc2ccccc2C1.BrC1CC2CCCCC2C1.[Br][Zr]([Br])[Br].[CH3-]. The van der Waals surface area contributed by atoms with E-state index in [-0.39, 0.29) is 7.43 Å². The van der Waals surface area contributed by atoms with E-state index in [9.17, 15) is 0 Å². The molecule has 141 valence electrons. The van der Waals surface area contributed by atoms with Crippen LogP contribution in [0.3, 0.4) is 0 Å². The normalized spacial score (nSPS) is 25.8. The predicted molar refractivity (Wildman–Crippen MR) is 128 cm³/mol. The molecule has 2 saturated carbocycles. The van der Waals surface area contributed by atoms with Crippen molar-refractivity contribution < 1.29 is 14.7 Å². The van der Waals surface area contributed by atoms with Gasteiger partial charge in [0.2, 0.25) is 0 Å². The fraction of sp³-hybridized carbons (Fsp3) is 0.526. The Hall–Kier alpha value is 2.24. The first-order valence-electron chi connectivity index (χ1n) is 8.37. The Balaban J connectivity index is 0.000000201. The molecule has 0 heterocycles. The summed E-state index contributed by atoms with van der Waals surface area (Å²) in [6.07, 6.45) is 12.2. The smallest absolute Gasteiger partial charge is 0.358 e. The van der Waals surface area contributed by atoms with E-state index in [0.29, 0.717) is 0 Å². The van der Waals surface area contributed by atoms with Crippen molar-refractivity contribution in [3.8, 4) is 0 Å². The third-order valence-electron chi connectivity index (χ3n) is 4.91. The monoisotopic (exact) mass is 738 g/mol. The van der Waals surface area contributed by atoms with Crippen molar-refractivity contribution in [2.75, 3.05) is 0 Å². The van der Waals surface area contributed by atoms with E-state index in [1.54, 1.807) is 0 Å². The number of rotatable bonds is 0. The molecule has 3 aliphatic rings. The van der Waals surface area contributed by atoms with Crippen LogP contribution >= 0.6 is 68.5 Å². The summed E-state index contributed by atoms with van der Waals surface area (Å²) in [4.78, 5) is 0.862. The second-order valence-corrected chi connectivity index (χ2v) is 42.9. The van der Waals surface area contributed by atoms with Crippen molar-refractivity contribution in [1.29, 1.82) is 0 Å². The molecule has 2 unspecified atom stereocenters. The largest absolute Gasteiger partial charge is 0.358 e. The second kappa shape index (κ2) is 13.5.